The lowest BCUT2D eigenvalue weighted by Gasteiger charge is -2.36. The Bertz CT molecular complexity index is 986. The number of benzene rings is 2. The summed E-state index contributed by atoms with van der Waals surface area (Å²) in [6, 6.07) is 12.6. The molecular formula is C20H23BrN2O5S. The summed E-state index contributed by atoms with van der Waals surface area (Å²) in [6.45, 7) is 1.01. The first-order chi connectivity index (χ1) is 13.7. The molecule has 2 aromatic carbocycles. The zero-order valence-corrected chi connectivity index (χ0v) is 18.6. The molecule has 0 radical (unpaired) electrons. The molecule has 1 amide bonds. The molecule has 0 spiro atoms. The van der Waals surface area contributed by atoms with Crippen molar-refractivity contribution in [3.05, 3.63) is 52.5 Å². The van der Waals surface area contributed by atoms with Gasteiger partial charge in [-0.3, -0.25) is 9.52 Å². The first kappa shape index (κ1) is 21.6. The topological polar surface area (TPSA) is 93.7 Å². The monoisotopic (exact) mass is 482 g/mol. The average Bonchev–Trinajstić information content (AvgIpc) is 2.69. The van der Waals surface area contributed by atoms with Crippen LogP contribution in [0.5, 0.6) is 5.75 Å². The highest BCUT2D eigenvalue weighted by Gasteiger charge is 2.41. The first-order valence-corrected chi connectivity index (χ1v) is 11.7. The van der Waals surface area contributed by atoms with Crippen LogP contribution in [0.3, 0.4) is 0 Å². The van der Waals surface area contributed by atoms with Gasteiger partial charge in [-0.25, -0.2) is 8.42 Å². The fourth-order valence-electron chi connectivity index (χ4n) is 3.44. The van der Waals surface area contributed by atoms with Crippen LogP contribution in [0, 0.1) is 0 Å². The van der Waals surface area contributed by atoms with Crippen LogP contribution in [0.4, 0.5) is 11.4 Å². The molecular weight excluding hydrogens is 460 g/mol. The molecule has 1 aliphatic heterocycles. The molecule has 3 rings (SSSR count). The van der Waals surface area contributed by atoms with Crippen LogP contribution in [0.2, 0.25) is 0 Å². The minimum atomic E-state index is -3.45. The number of ether oxygens (including phenoxy) is 2. The Kier molecular flexibility index (Phi) is 6.50. The summed E-state index contributed by atoms with van der Waals surface area (Å²) in [6.07, 6.45) is 2.21. The predicted octanol–water partition coefficient (Wildman–Crippen LogP) is 3.52. The fourth-order valence-corrected chi connectivity index (χ4v) is 4.27. The van der Waals surface area contributed by atoms with Gasteiger partial charge in [0.2, 0.25) is 15.9 Å². The van der Waals surface area contributed by atoms with Gasteiger partial charge >= 0.3 is 0 Å². The first-order valence-electron chi connectivity index (χ1n) is 9.05. The molecule has 0 aliphatic carbocycles. The van der Waals surface area contributed by atoms with E-state index in [1.54, 1.807) is 18.2 Å². The maximum atomic E-state index is 13.4. The predicted molar refractivity (Wildman–Crippen MR) is 116 cm³/mol. The lowest BCUT2D eigenvalue weighted by Crippen LogP contribution is -2.44. The minimum absolute atomic E-state index is 0.131. The van der Waals surface area contributed by atoms with Crippen molar-refractivity contribution in [3.8, 4) is 5.75 Å². The van der Waals surface area contributed by atoms with Gasteiger partial charge in [-0.1, -0.05) is 28.1 Å². The molecule has 2 aromatic rings. The second-order valence-electron chi connectivity index (χ2n) is 6.94. The van der Waals surface area contributed by atoms with Crippen molar-refractivity contribution < 1.29 is 22.7 Å². The van der Waals surface area contributed by atoms with Gasteiger partial charge < -0.3 is 14.8 Å². The zero-order valence-electron chi connectivity index (χ0n) is 16.2. The van der Waals surface area contributed by atoms with Crippen molar-refractivity contribution in [1.29, 1.82) is 0 Å². The zero-order chi connectivity index (χ0) is 21.1. The molecule has 2 N–H and O–H groups in total. The number of sulfonamides is 1. The Balaban J connectivity index is 1.89. The maximum absolute atomic E-state index is 13.4. The third-order valence-corrected chi connectivity index (χ3v) is 6.05. The van der Waals surface area contributed by atoms with Gasteiger partial charge in [0, 0.05) is 29.4 Å². The van der Waals surface area contributed by atoms with E-state index in [-0.39, 0.29) is 5.91 Å². The highest BCUT2D eigenvalue weighted by Crippen LogP contribution is 2.37. The minimum Gasteiger partial charge on any atom is -0.494 e. The van der Waals surface area contributed by atoms with Crippen LogP contribution in [-0.4, -0.2) is 40.9 Å². The molecule has 0 bridgehead atoms. The van der Waals surface area contributed by atoms with Gasteiger partial charge in [0.15, 0.2) is 0 Å². The largest absolute Gasteiger partial charge is 0.494 e. The van der Waals surface area contributed by atoms with Gasteiger partial charge in [0.05, 0.1) is 24.5 Å². The lowest BCUT2D eigenvalue weighted by atomic mass is 9.73. The van der Waals surface area contributed by atoms with Crippen molar-refractivity contribution in [2.45, 2.75) is 18.3 Å². The Morgan fingerprint density at radius 2 is 1.79 bits per heavy atom. The van der Waals surface area contributed by atoms with Gasteiger partial charge in [0.25, 0.3) is 0 Å². The molecule has 0 unspecified atom stereocenters. The van der Waals surface area contributed by atoms with Crippen LogP contribution >= 0.6 is 15.9 Å². The van der Waals surface area contributed by atoms with E-state index in [1.807, 2.05) is 24.3 Å². The summed E-state index contributed by atoms with van der Waals surface area (Å²) < 4.78 is 37.1. The van der Waals surface area contributed by atoms with E-state index >= 15 is 0 Å². The number of hydrogen-bond acceptors (Lipinski definition) is 5. The number of halogens is 1. The molecule has 156 valence electrons. The SMILES string of the molecule is COc1cc(NC(=O)C2(c3ccc(Br)cc3)CCOCC2)ccc1NS(C)(=O)=O. The number of amides is 1. The number of rotatable bonds is 6. The smallest absolute Gasteiger partial charge is 0.235 e. The van der Waals surface area contributed by atoms with Crippen LogP contribution < -0.4 is 14.8 Å². The van der Waals surface area contributed by atoms with Crippen LogP contribution in [0.15, 0.2) is 46.9 Å². The van der Waals surface area contributed by atoms with E-state index in [2.05, 4.69) is 26.0 Å². The number of methoxy groups -OCH3 is 1. The fraction of sp³-hybridized carbons (Fsp3) is 0.350. The highest BCUT2D eigenvalue weighted by molar-refractivity contribution is 9.10. The van der Waals surface area contributed by atoms with Crippen molar-refractivity contribution in [1.82, 2.24) is 0 Å². The molecule has 1 aliphatic rings. The van der Waals surface area contributed by atoms with Crippen molar-refractivity contribution in [2.24, 2.45) is 0 Å². The molecule has 0 saturated carbocycles. The molecule has 0 aromatic heterocycles. The third-order valence-electron chi connectivity index (χ3n) is 4.93. The molecule has 0 atom stereocenters. The number of carbonyl (C=O) groups excluding carboxylic acids is 1. The van der Waals surface area contributed by atoms with E-state index in [0.717, 1.165) is 16.3 Å². The van der Waals surface area contributed by atoms with Crippen LogP contribution in [0.1, 0.15) is 18.4 Å². The molecule has 7 nitrogen and oxygen atoms in total. The Morgan fingerprint density at radius 3 is 2.38 bits per heavy atom. The lowest BCUT2D eigenvalue weighted by molar-refractivity contribution is -0.125. The second kappa shape index (κ2) is 8.73. The van der Waals surface area contributed by atoms with Crippen molar-refractivity contribution >= 4 is 43.2 Å². The molecule has 1 fully saturated rings. The highest BCUT2D eigenvalue weighted by atomic mass is 79.9. The van der Waals surface area contributed by atoms with Crippen LogP contribution in [0.25, 0.3) is 0 Å². The summed E-state index contributed by atoms with van der Waals surface area (Å²) in [7, 11) is -2.01. The normalized spacial score (nSPS) is 16.1. The van der Waals surface area contributed by atoms with Gasteiger partial charge in [-0.05, 0) is 42.7 Å². The molecule has 29 heavy (non-hydrogen) atoms. The van der Waals surface area contributed by atoms with E-state index in [9.17, 15) is 13.2 Å². The Morgan fingerprint density at radius 1 is 1.14 bits per heavy atom. The summed E-state index contributed by atoms with van der Waals surface area (Å²) in [5.41, 5.74) is 1.06. The number of anilines is 2. The van der Waals surface area contributed by atoms with Crippen LogP contribution in [-0.2, 0) is 25.0 Å². The summed E-state index contributed by atoms with van der Waals surface area (Å²) in [5, 5.41) is 2.97. The Labute approximate surface area is 179 Å². The molecule has 9 heteroatoms. The van der Waals surface area contributed by atoms with Gasteiger partial charge in [-0.2, -0.15) is 0 Å². The standard InChI is InChI=1S/C20H23BrN2O5S/c1-27-18-13-16(7-8-17(18)23-29(2,25)26)22-19(24)20(9-11-28-12-10-20)14-3-5-15(21)6-4-14/h3-8,13,23H,9-12H2,1-2H3,(H,22,24). The second-order valence-corrected chi connectivity index (χ2v) is 9.61. The summed E-state index contributed by atoms with van der Waals surface area (Å²) in [4.78, 5) is 13.4. The molecule has 1 heterocycles. The number of carbonyl (C=O) groups is 1. The Hall–Kier alpha value is -2.10. The van der Waals surface area contributed by atoms with E-state index in [1.165, 1.54) is 7.11 Å². The number of nitrogens with one attached hydrogen (secondary N) is 2. The van der Waals surface area contributed by atoms with Crippen molar-refractivity contribution in [2.75, 3.05) is 36.6 Å². The average molecular weight is 483 g/mol. The van der Waals surface area contributed by atoms with E-state index < -0.39 is 15.4 Å². The van der Waals surface area contributed by atoms with Crippen molar-refractivity contribution in [3.63, 3.8) is 0 Å². The van der Waals surface area contributed by atoms with E-state index in [4.69, 9.17) is 9.47 Å². The van der Waals surface area contributed by atoms with Gasteiger partial charge in [-0.15, -0.1) is 0 Å². The van der Waals surface area contributed by atoms with Gasteiger partial charge in [0.1, 0.15) is 5.75 Å². The summed E-state index contributed by atoms with van der Waals surface area (Å²) >= 11 is 3.43. The molecule has 1 saturated heterocycles. The third kappa shape index (κ3) is 5.09. The quantitative estimate of drug-likeness (QED) is 0.656. The maximum Gasteiger partial charge on any atom is 0.235 e. The number of hydrogen-bond donors (Lipinski definition) is 2. The summed E-state index contributed by atoms with van der Waals surface area (Å²) in [5.74, 6) is 0.187. The van der Waals surface area contributed by atoms with E-state index in [0.29, 0.717) is 43.2 Å².